The smallest absolute Gasteiger partial charge is 0.456 e. The predicted octanol–water partition coefficient (Wildman–Crippen LogP) is 31.8. The number of aromatic amines is 1. The number of nitrogens with one attached hydrogen (secondary N) is 1. The third-order valence-electron chi connectivity index (χ3n) is 23.9. The summed E-state index contributed by atoms with van der Waals surface area (Å²) in [5.74, 6) is -0.851. The van der Waals surface area contributed by atoms with Crippen LogP contribution in [-0.2, 0) is 25.0 Å². The van der Waals surface area contributed by atoms with E-state index in [1.807, 2.05) is 158 Å². The number of nitrogens with zero attached hydrogens (tertiary/aromatic N) is 7. The fraction of sp³-hybridized carbons (Fsp3) is 0.0708. The average Bonchev–Trinajstić information content (AvgIpc) is 1.59. The molecular weight excluding hydrogens is 2390 g/mol. The predicted molar refractivity (Wildman–Crippen MR) is 607 cm³/mol. The van der Waals surface area contributed by atoms with E-state index in [0.29, 0.717) is 0 Å². The molecule has 137 heavy (non-hydrogen) atoms. The van der Waals surface area contributed by atoms with Gasteiger partial charge in [-0.25, -0.2) is 0 Å². The minimum absolute atomic E-state index is 0.358. The van der Waals surface area contributed by atoms with Crippen LogP contribution in [0.4, 0.5) is 0 Å². The van der Waals surface area contributed by atoms with E-state index >= 15 is 0 Å². The fourth-order valence-corrected chi connectivity index (χ4v) is 21.3. The number of fused-ring (bicyclic) bond motifs is 18. The van der Waals surface area contributed by atoms with Crippen molar-refractivity contribution in [2.24, 2.45) is 0 Å². The largest absolute Gasteiger partial charge is 0.494 e. The van der Waals surface area contributed by atoms with Gasteiger partial charge in [-0.2, -0.15) is 0 Å². The van der Waals surface area contributed by atoms with E-state index in [1.165, 1.54) is 57.2 Å². The number of para-hydroxylation sites is 3. The third-order valence-corrected chi connectivity index (χ3v) is 29.7. The summed E-state index contributed by atoms with van der Waals surface area (Å²) in [4.78, 5) is 48.3. The maximum absolute atomic E-state index is 10.8. The van der Waals surface area contributed by atoms with Gasteiger partial charge in [0.2, 0.25) is 0 Å². The summed E-state index contributed by atoms with van der Waals surface area (Å²) in [6.45, 7) is 10.9. The molecule has 0 unspecified atom stereocenters. The Bertz CT molecular complexity index is 8430. The molecule has 1 N–H and O–H groups in total. The molecule has 11 aromatic heterocycles. The average molecular weight is 2470 g/mol. The number of carbonyl (C=O) groups excluding carboxylic acids is 2. The van der Waals surface area contributed by atoms with E-state index in [9.17, 15) is 9.59 Å². The summed E-state index contributed by atoms with van der Waals surface area (Å²) in [5.41, 5.74) is 26.5. The number of pyridine rings is 5. The first-order chi connectivity index (χ1) is 66.8. The van der Waals surface area contributed by atoms with Crippen LogP contribution in [0.15, 0.2) is 402 Å². The Balaban J connectivity index is 0.000000109. The molecule has 24 heteroatoms. The van der Waals surface area contributed by atoms with E-state index in [4.69, 9.17) is 33.7 Å². The molecule has 0 aliphatic carbocycles. The summed E-state index contributed by atoms with van der Waals surface area (Å²) >= 11 is 8.65. The van der Waals surface area contributed by atoms with Crippen LogP contribution in [0.25, 0.3) is 188 Å². The maximum Gasteiger partial charge on any atom is 0.494 e. The summed E-state index contributed by atoms with van der Waals surface area (Å²) in [6.07, 6.45) is 9.23. The van der Waals surface area contributed by atoms with Crippen LogP contribution in [0.2, 0.25) is 0 Å². The van der Waals surface area contributed by atoms with Crippen LogP contribution in [0.1, 0.15) is 41.5 Å². The normalized spacial score (nSPS) is 12.6. The van der Waals surface area contributed by atoms with Gasteiger partial charge in [-0.15, -0.1) is 0 Å². The minimum atomic E-state index is -2.59. The first kappa shape index (κ1) is 93.7. The van der Waals surface area contributed by atoms with Crippen molar-refractivity contribution in [2.75, 3.05) is 0 Å². The van der Waals surface area contributed by atoms with E-state index in [1.54, 1.807) is 12.1 Å². The molecule has 24 aromatic rings. The van der Waals surface area contributed by atoms with Gasteiger partial charge in [0.15, 0.2) is 0 Å². The Labute approximate surface area is 861 Å². The number of aromatic nitrogens is 8. The first-order valence-electron chi connectivity index (χ1n) is 43.9. The van der Waals surface area contributed by atoms with Crippen LogP contribution in [0.3, 0.4) is 0 Å². The van der Waals surface area contributed by atoms with Gasteiger partial charge >= 0.3 is 103 Å². The Morgan fingerprint density at radius 1 is 0.328 bits per heavy atom. The number of H-pyrrole nitrogens is 1. The zero-order valence-corrected chi connectivity index (χ0v) is 87.5. The molecule has 1 fully saturated rings. The number of carbonyl (C=O) groups is 2. The molecule has 0 spiro atoms. The van der Waals surface area contributed by atoms with Crippen LogP contribution in [0.5, 0.6) is 0 Å². The second-order valence-electron chi connectivity index (χ2n) is 33.2. The van der Waals surface area contributed by atoms with Crippen LogP contribution in [-0.4, -0.2) is 69.3 Å². The molecule has 674 valence electrons. The molecular formula is C113H83BI6N8O9. The molecule has 0 amide bonds. The summed E-state index contributed by atoms with van der Waals surface area (Å²) in [7, 11) is -0.381. The van der Waals surface area contributed by atoms with Gasteiger partial charge in [0.25, 0.3) is 0 Å². The van der Waals surface area contributed by atoms with Crippen LogP contribution < -0.4 is 5.46 Å². The fourth-order valence-electron chi connectivity index (χ4n) is 17.1. The van der Waals surface area contributed by atoms with E-state index < -0.39 is 32.6 Å². The molecule has 1 aliphatic heterocycles. The van der Waals surface area contributed by atoms with Gasteiger partial charge in [0.1, 0.15) is 33.5 Å². The maximum atomic E-state index is 10.8. The Morgan fingerprint density at radius 3 is 1.23 bits per heavy atom. The molecule has 12 heterocycles. The van der Waals surface area contributed by atoms with Crippen molar-refractivity contribution in [3.63, 3.8) is 0 Å². The molecule has 0 saturated carbocycles. The van der Waals surface area contributed by atoms with E-state index in [2.05, 4.69) is 385 Å². The number of halogens is 6. The van der Waals surface area contributed by atoms with Gasteiger partial charge in [0.05, 0.1) is 66.7 Å². The number of hydrogen-bond donors (Lipinski definition) is 1. The molecule has 0 radical (unpaired) electrons. The molecule has 25 rings (SSSR count). The first-order valence-corrected chi connectivity index (χ1v) is 56.3. The van der Waals surface area contributed by atoms with Gasteiger partial charge in [-0.05, 0) is 311 Å². The third kappa shape index (κ3) is 20.0. The van der Waals surface area contributed by atoms with Crippen molar-refractivity contribution >= 4 is 282 Å². The summed E-state index contributed by atoms with van der Waals surface area (Å²) in [5, 5.41) is 10.4. The van der Waals surface area contributed by atoms with Gasteiger partial charge in [0, 0.05) is 155 Å². The molecule has 13 aromatic carbocycles. The molecule has 0 bridgehead atoms. The summed E-state index contributed by atoms with van der Waals surface area (Å²) in [6, 6.07) is 122. The van der Waals surface area contributed by atoms with Crippen molar-refractivity contribution in [1.29, 1.82) is 0 Å². The monoisotopic (exact) mass is 2470 g/mol. The van der Waals surface area contributed by atoms with Gasteiger partial charge in [-0.1, -0.05) is 140 Å². The summed E-state index contributed by atoms with van der Waals surface area (Å²) < 4.78 is 49.1. The molecule has 0 atom stereocenters. The van der Waals surface area contributed by atoms with Crippen molar-refractivity contribution in [3.8, 4) is 56.1 Å². The minimum Gasteiger partial charge on any atom is -0.456 e. The van der Waals surface area contributed by atoms with Gasteiger partial charge in [-0.3, -0.25) is 24.9 Å². The molecule has 1 saturated heterocycles. The number of furan rings is 3. The van der Waals surface area contributed by atoms with E-state index in [-0.39, 0.29) is 18.3 Å². The Kier molecular flexibility index (Phi) is 28.4. The van der Waals surface area contributed by atoms with Crippen LogP contribution in [0, 0.1) is 14.3 Å². The molecule has 17 nitrogen and oxygen atoms in total. The SMILES string of the molecule is CC(=O)OI(OC(C)=O)c1ccccc1.CC1(C)OB(c2ccc3c(c2)c2ncccc2n3-c2ccccc2)OC1(C)C.II.Ic1ccc2oc3ccc(-n4c5ccc(-c6ccccc6-c6ccccn6)cc5c5ncccc54)cc3c2c1.Ic1ccc2oc3ccc(I)cc3c2c1.c1ccc(-c2ccccc2-c2ccc3[nH]c4cccnc4c3c2)nc1.c1ccc2c(c1)oc1ccccc12. The van der Waals surface area contributed by atoms with Crippen molar-refractivity contribution in [1.82, 2.24) is 39.0 Å². The molecule has 1 aliphatic rings. The number of rotatable bonds is 10. The van der Waals surface area contributed by atoms with Crippen molar-refractivity contribution in [2.45, 2.75) is 52.7 Å². The number of hydrogen-bond acceptors (Lipinski definition) is 14. The second kappa shape index (κ2) is 41.6. The zero-order valence-electron chi connectivity index (χ0n) is 74.6. The van der Waals surface area contributed by atoms with Crippen molar-refractivity contribution < 1.29 is 38.3 Å². The van der Waals surface area contributed by atoms with Gasteiger partial charge < -0.3 is 36.7 Å². The Hall–Kier alpha value is -12.3. The van der Waals surface area contributed by atoms with E-state index in [0.717, 1.165) is 164 Å². The van der Waals surface area contributed by atoms with Crippen LogP contribution >= 0.6 is 126 Å². The van der Waals surface area contributed by atoms with Crippen molar-refractivity contribution in [3.05, 3.63) is 403 Å². The quantitative estimate of drug-likeness (QED) is 0.100. The number of benzene rings is 13. The Morgan fingerprint density at radius 2 is 0.730 bits per heavy atom. The zero-order chi connectivity index (χ0) is 94.4. The topological polar surface area (TPSA) is 201 Å². The second-order valence-corrected chi connectivity index (χ2v) is 40.3. The standard InChI is InChI=1S/C34H20IN3O.C23H23BN2O2.C22H15N3.C12H6I2O.C12H8O.C10H11IO4.I2/c35-22-11-14-32-26(19-22)27-20-23(12-15-33(27)39-32)38-30-13-10-21(18-28(30)34-31(38)9-5-17-37-34)24-6-1-2-7-25(24)29-8-3-4-16-36-29;1-22(2)23(3,4)28-24(27-22)16-12-13-19-18(15-16)21-20(11-8-14-25-21)26(19)17-9-6-5-7-10-17;1-2-7-17(19-8-3-4-12-23-19)16(6-1)15-10-11-20-18(14-15)22-21(25-20)9-5-13-24-22;13-7-1-3-11-9(5-7)10-6-8(14)2-4-12(10)15-11;1-3-7-11-9(5-1)10-6-2-4-8-12(10)13-11;1-8(12)14-11(15-9(2)13)10-6-4-3-5-7-10;1-2/h1-20H;5-15H,1-4H3;1-14,25H;1-6H;1-8H;3-7H,1-2H3;.